The maximum absolute atomic E-state index is 12.7. The van der Waals surface area contributed by atoms with Gasteiger partial charge in [-0.3, -0.25) is 0 Å². The summed E-state index contributed by atoms with van der Waals surface area (Å²) in [5.41, 5.74) is 5.01. The van der Waals surface area contributed by atoms with Gasteiger partial charge in [-0.15, -0.1) is 0 Å². The summed E-state index contributed by atoms with van der Waals surface area (Å²) in [7, 11) is 4.00. The van der Waals surface area contributed by atoms with E-state index in [0.29, 0.717) is 11.1 Å². The highest BCUT2D eigenvalue weighted by Crippen LogP contribution is 2.30. The molecular weight excluding hydrogens is 324 g/mol. The highest BCUT2D eigenvalue weighted by Gasteiger charge is 2.14. The third kappa shape index (κ3) is 3.19. The lowest BCUT2D eigenvalue weighted by molar-refractivity contribution is 0.562. The standard InChI is InChI=1S/C22H26N2O2/c1-6-24(7-2)18-12-13-19-15(3)21(22(25)26-20(19)14-18)16-8-10-17(11-9-16)23(4)5/h8-14H,6-7H2,1-5H3. The van der Waals surface area contributed by atoms with E-state index in [0.717, 1.165) is 41.0 Å². The fraction of sp³-hybridized carbons (Fsp3) is 0.318. The zero-order valence-electron chi connectivity index (χ0n) is 16.2. The van der Waals surface area contributed by atoms with E-state index in [1.54, 1.807) is 0 Å². The van der Waals surface area contributed by atoms with Crippen molar-refractivity contribution in [2.45, 2.75) is 20.8 Å². The molecule has 0 fully saturated rings. The van der Waals surface area contributed by atoms with Crippen LogP contribution in [-0.4, -0.2) is 27.2 Å². The molecule has 0 aliphatic carbocycles. The van der Waals surface area contributed by atoms with E-state index in [9.17, 15) is 4.79 Å². The van der Waals surface area contributed by atoms with Gasteiger partial charge in [0, 0.05) is 50.0 Å². The largest absolute Gasteiger partial charge is 0.422 e. The summed E-state index contributed by atoms with van der Waals surface area (Å²) in [6.07, 6.45) is 0. The smallest absolute Gasteiger partial charge is 0.344 e. The van der Waals surface area contributed by atoms with Crippen LogP contribution in [-0.2, 0) is 0 Å². The van der Waals surface area contributed by atoms with E-state index in [-0.39, 0.29) is 5.63 Å². The lowest BCUT2D eigenvalue weighted by atomic mass is 9.99. The summed E-state index contributed by atoms with van der Waals surface area (Å²) in [5, 5.41) is 0.979. The Labute approximate surface area is 154 Å². The van der Waals surface area contributed by atoms with E-state index in [1.807, 2.05) is 56.3 Å². The number of hydrogen-bond acceptors (Lipinski definition) is 4. The Kier molecular flexibility index (Phi) is 5.03. The minimum absolute atomic E-state index is 0.288. The van der Waals surface area contributed by atoms with Crippen molar-refractivity contribution in [3.63, 3.8) is 0 Å². The number of rotatable bonds is 5. The normalized spacial score (nSPS) is 11.0. The molecule has 3 aromatic rings. The van der Waals surface area contributed by atoms with Crippen LogP contribution < -0.4 is 15.4 Å². The summed E-state index contributed by atoms with van der Waals surface area (Å²) >= 11 is 0. The Morgan fingerprint density at radius 2 is 1.54 bits per heavy atom. The molecule has 0 aliphatic rings. The zero-order valence-corrected chi connectivity index (χ0v) is 16.2. The molecule has 4 heteroatoms. The van der Waals surface area contributed by atoms with Crippen molar-refractivity contribution < 1.29 is 4.42 Å². The number of nitrogens with zero attached hydrogens (tertiary/aromatic N) is 2. The van der Waals surface area contributed by atoms with Gasteiger partial charge < -0.3 is 14.2 Å². The number of benzene rings is 2. The van der Waals surface area contributed by atoms with Crippen molar-refractivity contribution in [3.8, 4) is 11.1 Å². The molecule has 0 spiro atoms. The third-order valence-corrected chi connectivity index (χ3v) is 4.95. The molecule has 1 aromatic heterocycles. The van der Waals surface area contributed by atoms with E-state index in [2.05, 4.69) is 30.9 Å². The van der Waals surface area contributed by atoms with Crippen LogP contribution in [0.1, 0.15) is 19.4 Å². The fourth-order valence-electron chi connectivity index (χ4n) is 3.39. The molecule has 26 heavy (non-hydrogen) atoms. The van der Waals surface area contributed by atoms with Gasteiger partial charge in [-0.2, -0.15) is 0 Å². The van der Waals surface area contributed by atoms with Crippen LogP contribution >= 0.6 is 0 Å². The van der Waals surface area contributed by atoms with Crippen molar-refractivity contribution in [2.75, 3.05) is 37.0 Å². The fourth-order valence-corrected chi connectivity index (χ4v) is 3.39. The van der Waals surface area contributed by atoms with Gasteiger partial charge in [0.05, 0.1) is 5.56 Å². The topological polar surface area (TPSA) is 36.7 Å². The van der Waals surface area contributed by atoms with E-state index >= 15 is 0 Å². The van der Waals surface area contributed by atoms with Gasteiger partial charge in [0.15, 0.2) is 0 Å². The van der Waals surface area contributed by atoms with Gasteiger partial charge in [0.25, 0.3) is 0 Å². The van der Waals surface area contributed by atoms with Crippen molar-refractivity contribution in [1.29, 1.82) is 0 Å². The number of fused-ring (bicyclic) bond motifs is 1. The Morgan fingerprint density at radius 1 is 0.923 bits per heavy atom. The van der Waals surface area contributed by atoms with Crippen molar-refractivity contribution in [1.82, 2.24) is 0 Å². The van der Waals surface area contributed by atoms with E-state index in [1.165, 1.54) is 0 Å². The predicted molar refractivity (Wildman–Crippen MR) is 111 cm³/mol. The predicted octanol–water partition coefficient (Wildman–Crippen LogP) is 4.68. The molecule has 0 radical (unpaired) electrons. The average molecular weight is 350 g/mol. The van der Waals surface area contributed by atoms with Gasteiger partial charge in [0.1, 0.15) is 5.58 Å². The van der Waals surface area contributed by atoms with Gasteiger partial charge in [0.2, 0.25) is 0 Å². The molecule has 0 saturated carbocycles. The summed E-state index contributed by atoms with van der Waals surface area (Å²) in [6.45, 7) is 8.07. The molecule has 0 bridgehead atoms. The molecular formula is C22H26N2O2. The Hall–Kier alpha value is -2.75. The maximum Gasteiger partial charge on any atom is 0.344 e. The van der Waals surface area contributed by atoms with Crippen LogP contribution in [0.4, 0.5) is 11.4 Å². The minimum atomic E-state index is -0.288. The Bertz CT molecular complexity index is 968. The summed E-state index contributed by atoms with van der Waals surface area (Å²) in [4.78, 5) is 17.0. The van der Waals surface area contributed by atoms with Crippen LogP contribution in [0, 0.1) is 6.92 Å². The van der Waals surface area contributed by atoms with Crippen molar-refractivity contribution >= 4 is 22.3 Å². The first-order valence-electron chi connectivity index (χ1n) is 9.06. The average Bonchev–Trinajstić information content (AvgIpc) is 2.63. The molecule has 2 aromatic carbocycles. The molecule has 0 atom stereocenters. The quantitative estimate of drug-likeness (QED) is 0.626. The molecule has 136 valence electrons. The lowest BCUT2D eigenvalue weighted by Crippen LogP contribution is -2.21. The second-order valence-corrected chi connectivity index (χ2v) is 6.68. The monoisotopic (exact) mass is 350 g/mol. The number of aryl methyl sites for hydroxylation is 1. The summed E-state index contributed by atoms with van der Waals surface area (Å²) in [6, 6.07) is 14.1. The highest BCUT2D eigenvalue weighted by atomic mass is 16.4. The molecule has 0 amide bonds. The van der Waals surface area contributed by atoms with Gasteiger partial charge >= 0.3 is 5.63 Å². The van der Waals surface area contributed by atoms with Crippen LogP contribution in [0.15, 0.2) is 51.7 Å². The summed E-state index contributed by atoms with van der Waals surface area (Å²) in [5.74, 6) is 0. The third-order valence-electron chi connectivity index (χ3n) is 4.95. The SMILES string of the molecule is CCN(CC)c1ccc2c(C)c(-c3ccc(N(C)C)cc3)c(=O)oc2c1. The van der Waals surface area contributed by atoms with Crippen LogP contribution in [0.2, 0.25) is 0 Å². The van der Waals surface area contributed by atoms with Crippen LogP contribution in [0.25, 0.3) is 22.1 Å². The van der Waals surface area contributed by atoms with Gasteiger partial charge in [-0.25, -0.2) is 4.79 Å². The molecule has 0 N–H and O–H groups in total. The van der Waals surface area contributed by atoms with Crippen molar-refractivity contribution in [3.05, 3.63) is 58.4 Å². The summed E-state index contributed by atoms with van der Waals surface area (Å²) < 4.78 is 5.69. The van der Waals surface area contributed by atoms with Crippen molar-refractivity contribution in [2.24, 2.45) is 0 Å². The highest BCUT2D eigenvalue weighted by molar-refractivity contribution is 5.88. The minimum Gasteiger partial charge on any atom is -0.422 e. The lowest BCUT2D eigenvalue weighted by Gasteiger charge is -2.21. The second kappa shape index (κ2) is 7.24. The molecule has 4 nitrogen and oxygen atoms in total. The second-order valence-electron chi connectivity index (χ2n) is 6.68. The molecule has 0 aliphatic heterocycles. The molecule has 0 saturated heterocycles. The molecule has 0 unspecified atom stereocenters. The Balaban J connectivity index is 2.13. The van der Waals surface area contributed by atoms with Gasteiger partial charge in [-0.1, -0.05) is 12.1 Å². The zero-order chi connectivity index (χ0) is 18.8. The van der Waals surface area contributed by atoms with E-state index in [4.69, 9.17) is 4.42 Å². The number of anilines is 2. The number of hydrogen-bond donors (Lipinski definition) is 0. The first-order valence-corrected chi connectivity index (χ1v) is 9.06. The van der Waals surface area contributed by atoms with Crippen LogP contribution in [0.5, 0.6) is 0 Å². The molecule has 3 rings (SSSR count). The maximum atomic E-state index is 12.7. The Morgan fingerprint density at radius 3 is 2.12 bits per heavy atom. The first kappa shape index (κ1) is 18.1. The molecule has 1 heterocycles. The first-order chi connectivity index (χ1) is 12.5. The van der Waals surface area contributed by atoms with Gasteiger partial charge in [-0.05, 0) is 56.2 Å². The van der Waals surface area contributed by atoms with E-state index < -0.39 is 0 Å². The van der Waals surface area contributed by atoms with Crippen LogP contribution in [0.3, 0.4) is 0 Å².